The first-order valence-electron chi connectivity index (χ1n) is 7.54. The number of aliphatic carboxylic acids is 1. The van der Waals surface area contributed by atoms with Crippen LogP contribution in [0.1, 0.15) is 21.7 Å². The normalized spacial score (nSPS) is 11.8. The van der Waals surface area contributed by atoms with E-state index in [9.17, 15) is 24.8 Å². The minimum absolute atomic E-state index is 0.122. The molecular formula is C16H18N4O5. The highest BCUT2D eigenvalue weighted by atomic mass is 16.6. The van der Waals surface area contributed by atoms with Crippen molar-refractivity contribution in [2.75, 3.05) is 6.54 Å². The standard InChI is InChI=1S/C16H18N4O5/c1-10-13(20(24)25)14(19(2)18-10)15(21)17-9-12(16(22)23)8-11-6-4-3-5-7-11/h3-7,12H,8-9H2,1-2H3,(H,17,21)(H,22,23). The molecule has 0 aliphatic rings. The summed E-state index contributed by atoms with van der Waals surface area (Å²) in [7, 11) is 1.42. The number of carbonyl (C=O) groups is 2. The highest BCUT2D eigenvalue weighted by molar-refractivity contribution is 5.97. The Kier molecular flexibility index (Phi) is 5.48. The van der Waals surface area contributed by atoms with Gasteiger partial charge < -0.3 is 10.4 Å². The Hall–Kier alpha value is -3.23. The molecule has 9 heteroatoms. The molecule has 1 amide bonds. The summed E-state index contributed by atoms with van der Waals surface area (Å²) < 4.78 is 1.12. The lowest BCUT2D eigenvalue weighted by molar-refractivity contribution is -0.385. The number of nitro groups is 1. The minimum atomic E-state index is -1.06. The summed E-state index contributed by atoms with van der Waals surface area (Å²) in [6, 6.07) is 9.02. The smallest absolute Gasteiger partial charge is 0.322 e. The number of carboxylic acids is 1. The maximum absolute atomic E-state index is 12.3. The van der Waals surface area contributed by atoms with Crippen molar-refractivity contribution in [1.29, 1.82) is 0 Å². The van der Waals surface area contributed by atoms with Gasteiger partial charge in [-0.05, 0) is 18.9 Å². The van der Waals surface area contributed by atoms with Crippen molar-refractivity contribution in [3.8, 4) is 0 Å². The highest BCUT2D eigenvalue weighted by Gasteiger charge is 2.30. The average Bonchev–Trinajstić information content (AvgIpc) is 2.86. The van der Waals surface area contributed by atoms with Crippen LogP contribution in [0.25, 0.3) is 0 Å². The zero-order chi connectivity index (χ0) is 18.6. The molecule has 2 rings (SSSR count). The second-order valence-electron chi connectivity index (χ2n) is 5.60. The molecule has 0 aliphatic heterocycles. The van der Waals surface area contributed by atoms with E-state index in [-0.39, 0.29) is 30.0 Å². The third kappa shape index (κ3) is 4.19. The SMILES string of the molecule is Cc1nn(C)c(C(=O)NCC(Cc2ccccc2)C(=O)O)c1[N+](=O)[O-]. The maximum atomic E-state index is 12.3. The molecule has 0 saturated heterocycles. The van der Waals surface area contributed by atoms with Gasteiger partial charge >= 0.3 is 11.7 Å². The van der Waals surface area contributed by atoms with Gasteiger partial charge in [0.2, 0.25) is 5.69 Å². The van der Waals surface area contributed by atoms with Crippen molar-refractivity contribution in [3.05, 3.63) is 57.4 Å². The summed E-state index contributed by atoms with van der Waals surface area (Å²) in [5, 5.41) is 26.8. The van der Waals surface area contributed by atoms with Crippen LogP contribution in [0.4, 0.5) is 5.69 Å². The Labute approximate surface area is 143 Å². The zero-order valence-electron chi connectivity index (χ0n) is 13.8. The third-order valence-electron chi connectivity index (χ3n) is 3.77. The number of aromatic nitrogens is 2. The van der Waals surface area contributed by atoms with Crippen molar-refractivity contribution in [2.45, 2.75) is 13.3 Å². The molecule has 1 aromatic heterocycles. The van der Waals surface area contributed by atoms with Crippen molar-refractivity contribution in [3.63, 3.8) is 0 Å². The number of rotatable bonds is 7. The molecule has 1 unspecified atom stereocenters. The summed E-state index contributed by atoms with van der Waals surface area (Å²) in [5.41, 5.74) is 0.365. The molecule has 1 aromatic carbocycles. The van der Waals surface area contributed by atoms with Crippen LogP contribution in [0.5, 0.6) is 0 Å². The van der Waals surface area contributed by atoms with Gasteiger partial charge in [-0.1, -0.05) is 30.3 Å². The Morgan fingerprint density at radius 3 is 2.56 bits per heavy atom. The number of carboxylic acid groups (broad SMARTS) is 1. The molecule has 1 atom stereocenters. The van der Waals surface area contributed by atoms with Crippen LogP contribution >= 0.6 is 0 Å². The first-order chi connectivity index (χ1) is 11.8. The fourth-order valence-corrected chi connectivity index (χ4v) is 2.57. The van der Waals surface area contributed by atoms with Crippen LogP contribution in [0.15, 0.2) is 30.3 Å². The van der Waals surface area contributed by atoms with Gasteiger partial charge in [-0.15, -0.1) is 0 Å². The Balaban J connectivity index is 2.12. The third-order valence-corrected chi connectivity index (χ3v) is 3.77. The molecule has 0 fully saturated rings. The first kappa shape index (κ1) is 18.1. The predicted molar refractivity (Wildman–Crippen MR) is 88.2 cm³/mol. The number of nitrogens with zero attached hydrogens (tertiary/aromatic N) is 3. The number of hydrogen-bond donors (Lipinski definition) is 2. The van der Waals surface area contributed by atoms with E-state index in [1.54, 1.807) is 24.3 Å². The van der Waals surface area contributed by atoms with Crippen LogP contribution in [0.3, 0.4) is 0 Å². The van der Waals surface area contributed by atoms with Crippen molar-refractivity contribution < 1.29 is 19.6 Å². The molecule has 25 heavy (non-hydrogen) atoms. The van der Waals surface area contributed by atoms with Gasteiger partial charge in [-0.3, -0.25) is 24.4 Å². The highest BCUT2D eigenvalue weighted by Crippen LogP contribution is 2.22. The summed E-state index contributed by atoms with van der Waals surface area (Å²) in [6.07, 6.45) is 0.239. The van der Waals surface area contributed by atoms with E-state index in [4.69, 9.17) is 0 Å². The van der Waals surface area contributed by atoms with Gasteiger partial charge in [0, 0.05) is 13.6 Å². The number of carbonyl (C=O) groups excluding carboxylic acids is 1. The van der Waals surface area contributed by atoms with Crippen LogP contribution in [0, 0.1) is 23.0 Å². The number of benzene rings is 1. The molecule has 0 bridgehead atoms. The summed E-state index contributed by atoms with van der Waals surface area (Å²) in [5.74, 6) is -2.63. The van der Waals surface area contributed by atoms with Crippen molar-refractivity contribution in [2.24, 2.45) is 13.0 Å². The Bertz CT molecular complexity index is 800. The molecular weight excluding hydrogens is 328 g/mol. The zero-order valence-corrected chi connectivity index (χ0v) is 13.8. The van der Waals surface area contributed by atoms with E-state index in [1.165, 1.54) is 14.0 Å². The average molecular weight is 346 g/mol. The van der Waals surface area contributed by atoms with Gasteiger partial charge in [-0.25, -0.2) is 0 Å². The van der Waals surface area contributed by atoms with E-state index in [2.05, 4.69) is 10.4 Å². The second kappa shape index (κ2) is 7.56. The molecule has 132 valence electrons. The Morgan fingerprint density at radius 2 is 2.00 bits per heavy atom. The van der Waals surface area contributed by atoms with E-state index in [1.807, 2.05) is 6.07 Å². The van der Waals surface area contributed by atoms with Gasteiger partial charge in [-0.2, -0.15) is 5.10 Å². The molecule has 2 N–H and O–H groups in total. The van der Waals surface area contributed by atoms with E-state index < -0.39 is 22.7 Å². The maximum Gasteiger partial charge on any atom is 0.322 e. The van der Waals surface area contributed by atoms with E-state index in [0.717, 1.165) is 10.2 Å². The topological polar surface area (TPSA) is 127 Å². The fourth-order valence-electron chi connectivity index (χ4n) is 2.57. The largest absolute Gasteiger partial charge is 0.481 e. The molecule has 2 aromatic rings. The van der Waals surface area contributed by atoms with Gasteiger partial charge in [0.1, 0.15) is 5.69 Å². The molecule has 0 spiro atoms. The van der Waals surface area contributed by atoms with Crippen molar-refractivity contribution in [1.82, 2.24) is 15.1 Å². The Morgan fingerprint density at radius 1 is 1.36 bits per heavy atom. The van der Waals surface area contributed by atoms with Crippen LogP contribution in [-0.4, -0.2) is 38.2 Å². The lowest BCUT2D eigenvalue weighted by Gasteiger charge is -2.13. The summed E-state index contributed by atoms with van der Waals surface area (Å²) >= 11 is 0. The molecule has 9 nitrogen and oxygen atoms in total. The quantitative estimate of drug-likeness (QED) is 0.575. The molecule has 0 radical (unpaired) electrons. The molecule has 0 saturated carbocycles. The minimum Gasteiger partial charge on any atom is -0.481 e. The predicted octanol–water partition coefficient (Wildman–Crippen LogP) is 1.31. The number of amides is 1. The van der Waals surface area contributed by atoms with E-state index in [0.29, 0.717) is 0 Å². The number of aryl methyl sites for hydroxylation is 2. The first-order valence-corrected chi connectivity index (χ1v) is 7.54. The number of hydrogen-bond acceptors (Lipinski definition) is 5. The fraction of sp³-hybridized carbons (Fsp3) is 0.312. The molecule has 0 aliphatic carbocycles. The van der Waals surface area contributed by atoms with Crippen LogP contribution in [0.2, 0.25) is 0 Å². The van der Waals surface area contributed by atoms with Crippen LogP contribution in [-0.2, 0) is 18.3 Å². The lowest BCUT2D eigenvalue weighted by Crippen LogP contribution is -2.35. The monoisotopic (exact) mass is 346 g/mol. The second-order valence-corrected chi connectivity index (χ2v) is 5.60. The van der Waals surface area contributed by atoms with Gasteiger partial charge in [0.25, 0.3) is 5.91 Å². The number of nitrogens with one attached hydrogen (secondary N) is 1. The van der Waals surface area contributed by atoms with Gasteiger partial charge in [0.05, 0.1) is 10.8 Å². The van der Waals surface area contributed by atoms with E-state index >= 15 is 0 Å². The van der Waals surface area contributed by atoms with Gasteiger partial charge in [0.15, 0.2) is 0 Å². The summed E-state index contributed by atoms with van der Waals surface area (Å²) in [4.78, 5) is 34.2. The lowest BCUT2D eigenvalue weighted by atomic mass is 9.99. The molecule has 1 heterocycles. The summed E-state index contributed by atoms with van der Waals surface area (Å²) in [6.45, 7) is 1.29. The van der Waals surface area contributed by atoms with Crippen molar-refractivity contribution >= 4 is 17.6 Å². The van der Waals surface area contributed by atoms with Crippen LogP contribution < -0.4 is 5.32 Å².